The van der Waals surface area contributed by atoms with Gasteiger partial charge in [0.25, 0.3) is 5.92 Å². The Hall–Kier alpha value is -1.42. The summed E-state index contributed by atoms with van der Waals surface area (Å²) in [6, 6.07) is 7.22. The summed E-state index contributed by atoms with van der Waals surface area (Å²) in [7, 11) is 0. The monoisotopic (exact) mass is 250 g/mol. The lowest BCUT2D eigenvalue weighted by atomic mass is 9.95. The van der Waals surface area contributed by atoms with Crippen molar-refractivity contribution in [2.75, 3.05) is 13.1 Å². The van der Waals surface area contributed by atoms with Crippen molar-refractivity contribution in [3.63, 3.8) is 0 Å². The topological polar surface area (TPSA) is 27.8 Å². The molecule has 0 bridgehead atoms. The van der Waals surface area contributed by atoms with Crippen LogP contribution in [0.3, 0.4) is 0 Å². The number of fused-ring (bicyclic) bond motifs is 1. The Bertz CT molecular complexity index is 541. The number of aromatic amines is 1. The SMILES string of the molecule is FC(F)(CC1CCNC1)c1c[nH]c2ccccc12. The van der Waals surface area contributed by atoms with Gasteiger partial charge < -0.3 is 10.3 Å². The van der Waals surface area contributed by atoms with Crippen LogP contribution in [0.1, 0.15) is 18.4 Å². The lowest BCUT2D eigenvalue weighted by Crippen LogP contribution is -2.20. The van der Waals surface area contributed by atoms with Crippen molar-refractivity contribution in [1.29, 1.82) is 0 Å². The Morgan fingerprint density at radius 1 is 1.28 bits per heavy atom. The van der Waals surface area contributed by atoms with E-state index in [0.29, 0.717) is 11.9 Å². The first-order chi connectivity index (χ1) is 8.67. The maximum atomic E-state index is 14.3. The molecule has 1 aliphatic heterocycles. The van der Waals surface area contributed by atoms with Crippen LogP contribution in [0.4, 0.5) is 8.78 Å². The molecule has 96 valence electrons. The number of nitrogens with one attached hydrogen (secondary N) is 2. The lowest BCUT2D eigenvalue weighted by molar-refractivity contribution is -0.0253. The van der Waals surface area contributed by atoms with Gasteiger partial charge in [0.05, 0.1) is 0 Å². The summed E-state index contributed by atoms with van der Waals surface area (Å²) < 4.78 is 28.6. The molecule has 1 saturated heterocycles. The van der Waals surface area contributed by atoms with E-state index in [-0.39, 0.29) is 17.9 Å². The quantitative estimate of drug-likeness (QED) is 0.859. The average Bonchev–Trinajstić information content (AvgIpc) is 2.96. The average molecular weight is 250 g/mol. The fourth-order valence-corrected chi connectivity index (χ4v) is 2.74. The highest BCUT2D eigenvalue weighted by atomic mass is 19.3. The van der Waals surface area contributed by atoms with Gasteiger partial charge in [-0.2, -0.15) is 0 Å². The smallest absolute Gasteiger partial charge is 0.275 e. The molecule has 0 aliphatic carbocycles. The third kappa shape index (κ3) is 2.01. The summed E-state index contributed by atoms with van der Waals surface area (Å²) in [5, 5.41) is 3.77. The Morgan fingerprint density at radius 2 is 2.11 bits per heavy atom. The zero-order chi connectivity index (χ0) is 12.6. The predicted octanol–water partition coefficient (Wildman–Crippen LogP) is 3.26. The summed E-state index contributed by atoms with van der Waals surface area (Å²) in [4.78, 5) is 2.92. The minimum absolute atomic E-state index is 0.0676. The van der Waals surface area contributed by atoms with Crippen LogP contribution in [-0.2, 0) is 5.92 Å². The van der Waals surface area contributed by atoms with Crippen LogP contribution in [0.2, 0.25) is 0 Å². The molecule has 3 rings (SSSR count). The van der Waals surface area contributed by atoms with Crippen LogP contribution in [0.25, 0.3) is 10.9 Å². The predicted molar refractivity (Wildman–Crippen MR) is 67.8 cm³/mol. The molecule has 0 saturated carbocycles. The lowest BCUT2D eigenvalue weighted by Gasteiger charge is -2.19. The molecular weight excluding hydrogens is 234 g/mol. The van der Waals surface area contributed by atoms with E-state index in [0.717, 1.165) is 18.5 Å². The van der Waals surface area contributed by atoms with Gasteiger partial charge in [-0.1, -0.05) is 18.2 Å². The van der Waals surface area contributed by atoms with Gasteiger partial charge in [0.15, 0.2) is 0 Å². The van der Waals surface area contributed by atoms with E-state index in [1.165, 1.54) is 6.20 Å². The maximum absolute atomic E-state index is 14.3. The molecule has 2 heterocycles. The van der Waals surface area contributed by atoms with Gasteiger partial charge in [-0.15, -0.1) is 0 Å². The summed E-state index contributed by atoms with van der Waals surface area (Å²) in [6.07, 6.45) is 2.23. The van der Waals surface area contributed by atoms with Crippen LogP contribution in [0.15, 0.2) is 30.5 Å². The maximum Gasteiger partial charge on any atom is 0.275 e. The molecule has 1 aromatic carbocycles. The highest BCUT2D eigenvalue weighted by Crippen LogP contribution is 2.39. The number of benzene rings is 1. The summed E-state index contributed by atoms with van der Waals surface area (Å²) in [5.41, 5.74) is 0.904. The Balaban J connectivity index is 1.91. The minimum Gasteiger partial charge on any atom is -0.361 e. The summed E-state index contributed by atoms with van der Waals surface area (Å²) in [6.45, 7) is 1.56. The fourth-order valence-electron chi connectivity index (χ4n) is 2.74. The molecule has 1 aliphatic rings. The highest BCUT2D eigenvalue weighted by Gasteiger charge is 2.37. The van der Waals surface area contributed by atoms with Gasteiger partial charge in [-0.25, -0.2) is 8.78 Å². The molecular formula is C14H16F2N2. The van der Waals surface area contributed by atoms with Crippen LogP contribution in [-0.4, -0.2) is 18.1 Å². The number of para-hydroxylation sites is 1. The molecule has 0 spiro atoms. The second-order valence-electron chi connectivity index (χ2n) is 5.02. The Kier molecular flexibility index (Phi) is 2.82. The van der Waals surface area contributed by atoms with Gasteiger partial charge in [-0.3, -0.25) is 0 Å². The Morgan fingerprint density at radius 3 is 2.89 bits per heavy atom. The third-order valence-corrected chi connectivity index (χ3v) is 3.69. The first-order valence-corrected chi connectivity index (χ1v) is 6.32. The highest BCUT2D eigenvalue weighted by molar-refractivity contribution is 5.83. The second-order valence-corrected chi connectivity index (χ2v) is 5.02. The number of alkyl halides is 2. The zero-order valence-corrected chi connectivity index (χ0v) is 10.0. The van der Waals surface area contributed by atoms with Crippen LogP contribution < -0.4 is 5.32 Å². The largest absolute Gasteiger partial charge is 0.361 e. The van der Waals surface area contributed by atoms with Crippen molar-refractivity contribution in [2.45, 2.75) is 18.8 Å². The molecule has 2 nitrogen and oxygen atoms in total. The van der Waals surface area contributed by atoms with Gasteiger partial charge in [-0.05, 0) is 31.5 Å². The molecule has 1 unspecified atom stereocenters. The summed E-state index contributed by atoms with van der Waals surface area (Å²) in [5.74, 6) is -2.68. The number of aromatic nitrogens is 1. The molecule has 1 fully saturated rings. The second kappa shape index (κ2) is 4.35. The van der Waals surface area contributed by atoms with Crippen molar-refractivity contribution < 1.29 is 8.78 Å². The van der Waals surface area contributed by atoms with Crippen molar-refractivity contribution in [2.24, 2.45) is 5.92 Å². The van der Waals surface area contributed by atoms with Crippen LogP contribution >= 0.6 is 0 Å². The van der Waals surface area contributed by atoms with Crippen molar-refractivity contribution >= 4 is 10.9 Å². The molecule has 0 amide bonds. The third-order valence-electron chi connectivity index (χ3n) is 3.69. The van der Waals surface area contributed by atoms with Gasteiger partial charge in [0.2, 0.25) is 0 Å². The van der Waals surface area contributed by atoms with Crippen molar-refractivity contribution in [3.8, 4) is 0 Å². The fraction of sp³-hybridized carbons (Fsp3) is 0.429. The Labute approximate surface area is 104 Å². The number of halogens is 2. The van der Waals surface area contributed by atoms with E-state index < -0.39 is 5.92 Å². The van der Waals surface area contributed by atoms with E-state index in [9.17, 15) is 8.78 Å². The van der Waals surface area contributed by atoms with Crippen molar-refractivity contribution in [1.82, 2.24) is 10.3 Å². The van der Waals surface area contributed by atoms with Gasteiger partial charge in [0, 0.05) is 29.1 Å². The molecule has 1 atom stereocenters. The van der Waals surface area contributed by atoms with Crippen molar-refractivity contribution in [3.05, 3.63) is 36.0 Å². The molecule has 1 aromatic heterocycles. The molecule has 0 radical (unpaired) electrons. The number of rotatable bonds is 3. The normalized spacial score (nSPS) is 20.7. The van der Waals surface area contributed by atoms with E-state index in [4.69, 9.17) is 0 Å². The molecule has 2 aromatic rings. The number of H-pyrrole nitrogens is 1. The first kappa shape index (κ1) is 11.7. The molecule has 4 heteroatoms. The number of hydrogen-bond acceptors (Lipinski definition) is 1. The zero-order valence-electron chi connectivity index (χ0n) is 10.0. The van der Waals surface area contributed by atoms with E-state index in [2.05, 4.69) is 10.3 Å². The van der Waals surface area contributed by atoms with E-state index in [1.54, 1.807) is 12.1 Å². The van der Waals surface area contributed by atoms with E-state index >= 15 is 0 Å². The number of hydrogen-bond donors (Lipinski definition) is 2. The molecule has 18 heavy (non-hydrogen) atoms. The van der Waals surface area contributed by atoms with Gasteiger partial charge in [0.1, 0.15) is 0 Å². The van der Waals surface area contributed by atoms with Crippen LogP contribution in [0.5, 0.6) is 0 Å². The first-order valence-electron chi connectivity index (χ1n) is 6.32. The molecule has 2 N–H and O–H groups in total. The van der Waals surface area contributed by atoms with Crippen LogP contribution in [0, 0.1) is 5.92 Å². The summed E-state index contributed by atoms with van der Waals surface area (Å²) >= 11 is 0. The van der Waals surface area contributed by atoms with E-state index in [1.807, 2.05) is 12.1 Å². The standard InChI is InChI=1S/C14H16F2N2/c15-14(16,7-10-5-6-17-8-10)12-9-18-13-4-2-1-3-11(12)13/h1-4,9-10,17-18H,5-8H2. The van der Waals surface area contributed by atoms with Gasteiger partial charge >= 0.3 is 0 Å². The minimum atomic E-state index is -2.75.